The molecule has 1 aliphatic heterocycles. The Labute approximate surface area is 169 Å². The predicted octanol–water partition coefficient (Wildman–Crippen LogP) is 4.19. The van der Waals surface area contributed by atoms with Crippen LogP contribution in [0.25, 0.3) is 0 Å². The van der Waals surface area contributed by atoms with E-state index in [-0.39, 0.29) is 29.5 Å². The lowest BCUT2D eigenvalue weighted by Crippen LogP contribution is -2.51. The van der Waals surface area contributed by atoms with Gasteiger partial charge in [0.2, 0.25) is 5.91 Å². The largest absolute Gasteiger partial charge is 0.478 e. The number of hydrogen-bond acceptors (Lipinski definition) is 4. The summed E-state index contributed by atoms with van der Waals surface area (Å²) < 4.78 is 0. The Balaban J connectivity index is 1.80. The molecule has 1 heterocycles. The summed E-state index contributed by atoms with van der Waals surface area (Å²) in [6.45, 7) is 3.70. The van der Waals surface area contributed by atoms with Crippen LogP contribution in [0.1, 0.15) is 54.2 Å². The third kappa shape index (κ3) is 3.44. The molecule has 0 bridgehead atoms. The quantitative estimate of drug-likeness (QED) is 0.818. The molecule has 2 aromatic rings. The number of carbonyl (C=O) groups excluding carboxylic acids is 1. The maximum atomic E-state index is 12.6. The lowest BCUT2D eigenvalue weighted by atomic mass is 9.79. The highest BCUT2D eigenvalue weighted by atomic mass is 16.4. The first kappa shape index (κ1) is 19.0. The average molecular weight is 389 g/mol. The van der Waals surface area contributed by atoms with Crippen molar-refractivity contribution in [2.24, 2.45) is 11.8 Å². The zero-order chi connectivity index (χ0) is 20.7. The fourth-order valence-electron chi connectivity index (χ4n) is 4.52. The molecule has 6 heteroatoms. The zero-order valence-electron chi connectivity index (χ0n) is 16.4. The number of rotatable bonds is 4. The Hall–Kier alpha value is -3.33. The van der Waals surface area contributed by atoms with E-state index in [4.69, 9.17) is 5.26 Å². The number of aromatic carboxylic acids is 1. The van der Waals surface area contributed by atoms with Gasteiger partial charge in [-0.1, -0.05) is 6.92 Å². The van der Waals surface area contributed by atoms with Gasteiger partial charge in [-0.15, -0.1) is 0 Å². The molecule has 2 aromatic carbocycles. The van der Waals surface area contributed by atoms with E-state index in [0.29, 0.717) is 11.5 Å². The van der Waals surface area contributed by atoms with E-state index in [9.17, 15) is 14.7 Å². The van der Waals surface area contributed by atoms with Crippen LogP contribution in [0.4, 0.5) is 11.4 Å². The van der Waals surface area contributed by atoms with Gasteiger partial charge in [-0.3, -0.25) is 4.79 Å². The molecule has 0 saturated heterocycles. The van der Waals surface area contributed by atoms with Crippen LogP contribution in [0, 0.1) is 23.2 Å². The van der Waals surface area contributed by atoms with Gasteiger partial charge in [0.1, 0.15) is 0 Å². The number of carboxylic acids is 1. The molecule has 4 rings (SSSR count). The van der Waals surface area contributed by atoms with Gasteiger partial charge < -0.3 is 15.3 Å². The molecule has 0 spiro atoms. The van der Waals surface area contributed by atoms with E-state index in [1.807, 2.05) is 17.0 Å². The molecule has 3 unspecified atom stereocenters. The third-order valence-electron chi connectivity index (χ3n) is 6.01. The highest BCUT2D eigenvalue weighted by Crippen LogP contribution is 2.50. The Kier molecular flexibility index (Phi) is 4.75. The minimum absolute atomic E-state index is 0.0186. The van der Waals surface area contributed by atoms with Gasteiger partial charge in [0, 0.05) is 30.3 Å². The number of fused-ring (bicyclic) bond motifs is 1. The van der Waals surface area contributed by atoms with Gasteiger partial charge in [0.25, 0.3) is 0 Å². The van der Waals surface area contributed by atoms with E-state index in [0.717, 1.165) is 29.8 Å². The van der Waals surface area contributed by atoms with Gasteiger partial charge in [-0.05, 0) is 66.8 Å². The van der Waals surface area contributed by atoms with E-state index in [1.165, 1.54) is 0 Å². The maximum Gasteiger partial charge on any atom is 0.335 e. The van der Waals surface area contributed by atoms with Crippen LogP contribution >= 0.6 is 0 Å². The van der Waals surface area contributed by atoms with Crippen LogP contribution in [0.2, 0.25) is 0 Å². The molecular formula is C23H23N3O3. The first-order valence-corrected chi connectivity index (χ1v) is 9.84. The summed E-state index contributed by atoms with van der Waals surface area (Å²) in [7, 11) is 0. The zero-order valence-corrected chi connectivity index (χ0v) is 16.4. The second-order valence-corrected chi connectivity index (χ2v) is 7.97. The minimum atomic E-state index is -0.990. The van der Waals surface area contributed by atoms with Crippen molar-refractivity contribution in [2.45, 2.75) is 38.8 Å². The second-order valence-electron chi connectivity index (χ2n) is 7.97. The van der Waals surface area contributed by atoms with Crippen LogP contribution in [0.3, 0.4) is 0 Å². The van der Waals surface area contributed by atoms with Gasteiger partial charge >= 0.3 is 5.97 Å². The lowest BCUT2D eigenvalue weighted by molar-refractivity contribution is -0.117. The number of carbonyl (C=O) groups is 2. The number of nitrogens with one attached hydrogen (secondary N) is 1. The Morgan fingerprint density at radius 2 is 1.86 bits per heavy atom. The van der Waals surface area contributed by atoms with E-state index >= 15 is 0 Å². The molecule has 1 saturated carbocycles. The molecule has 0 aromatic heterocycles. The smallest absolute Gasteiger partial charge is 0.335 e. The second kappa shape index (κ2) is 7.25. The van der Waals surface area contributed by atoms with Crippen LogP contribution < -0.4 is 10.2 Å². The molecule has 1 amide bonds. The van der Waals surface area contributed by atoms with Gasteiger partial charge in [-0.2, -0.15) is 5.26 Å². The van der Waals surface area contributed by atoms with Crippen molar-refractivity contribution in [1.82, 2.24) is 0 Å². The summed E-state index contributed by atoms with van der Waals surface area (Å²) >= 11 is 0. The minimum Gasteiger partial charge on any atom is -0.478 e. The number of hydrogen-bond donors (Lipinski definition) is 2. The van der Waals surface area contributed by atoms with Gasteiger partial charge in [-0.25, -0.2) is 4.79 Å². The van der Waals surface area contributed by atoms with Crippen molar-refractivity contribution >= 4 is 23.3 Å². The molecule has 1 aliphatic carbocycles. The van der Waals surface area contributed by atoms with E-state index < -0.39 is 5.97 Å². The highest BCUT2D eigenvalue weighted by molar-refractivity contribution is 5.96. The number of nitriles is 1. The highest BCUT2D eigenvalue weighted by Gasteiger charge is 2.47. The number of carboxylic acid groups (broad SMARTS) is 1. The number of amides is 1. The van der Waals surface area contributed by atoms with Crippen LogP contribution in [-0.2, 0) is 4.79 Å². The topological polar surface area (TPSA) is 93.4 Å². The summed E-state index contributed by atoms with van der Waals surface area (Å²) in [6, 6.07) is 14.3. The van der Waals surface area contributed by atoms with Crippen molar-refractivity contribution in [3.05, 3.63) is 59.2 Å². The molecule has 0 radical (unpaired) electrons. The van der Waals surface area contributed by atoms with Crippen molar-refractivity contribution in [3.63, 3.8) is 0 Å². The molecule has 2 N–H and O–H groups in total. The van der Waals surface area contributed by atoms with E-state index in [1.54, 1.807) is 37.3 Å². The van der Waals surface area contributed by atoms with E-state index in [2.05, 4.69) is 18.3 Å². The lowest BCUT2D eigenvalue weighted by Gasteiger charge is -2.46. The normalized spacial score (nSPS) is 23.1. The van der Waals surface area contributed by atoms with Crippen LogP contribution in [0.15, 0.2) is 42.5 Å². The maximum absolute atomic E-state index is 12.6. The molecule has 148 valence electrons. The molecular weight excluding hydrogens is 366 g/mol. The van der Waals surface area contributed by atoms with Gasteiger partial charge in [0.05, 0.1) is 23.2 Å². The summed E-state index contributed by atoms with van der Waals surface area (Å²) in [6.07, 6.45) is 2.20. The van der Waals surface area contributed by atoms with Crippen molar-refractivity contribution < 1.29 is 14.7 Å². The Morgan fingerprint density at radius 1 is 1.17 bits per heavy atom. The Morgan fingerprint density at radius 3 is 2.41 bits per heavy atom. The molecule has 2 aliphatic rings. The molecule has 29 heavy (non-hydrogen) atoms. The molecule has 3 atom stereocenters. The Bertz CT molecular complexity index is 1010. The monoisotopic (exact) mass is 389 g/mol. The molecule has 6 nitrogen and oxygen atoms in total. The third-order valence-corrected chi connectivity index (χ3v) is 6.01. The average Bonchev–Trinajstić information content (AvgIpc) is 3.54. The summed E-state index contributed by atoms with van der Waals surface area (Å²) in [5.74, 6) is -0.448. The standard InChI is InChI=1S/C23H23N3O3/c1-13-21(25-18-8-3-15(12-24)4-9-18)19-11-17(23(28)29)7-10-20(19)26(14(2)27)22(13)16-5-6-16/h3-4,7-11,13,16,21-22,25H,5-6H2,1-2H3,(H,28,29). The van der Waals surface area contributed by atoms with Crippen molar-refractivity contribution in [2.75, 3.05) is 10.2 Å². The first-order valence-electron chi connectivity index (χ1n) is 9.84. The number of anilines is 2. The van der Waals surface area contributed by atoms with Crippen molar-refractivity contribution in [3.8, 4) is 6.07 Å². The number of nitrogens with zero attached hydrogens (tertiary/aromatic N) is 2. The fraction of sp³-hybridized carbons (Fsp3) is 0.348. The van der Waals surface area contributed by atoms with Gasteiger partial charge in [0.15, 0.2) is 0 Å². The SMILES string of the molecule is CC(=O)N1c2ccc(C(=O)O)cc2C(Nc2ccc(C#N)cc2)C(C)C1C1CC1. The molecule has 1 fully saturated rings. The first-order chi connectivity index (χ1) is 13.9. The number of benzene rings is 2. The van der Waals surface area contributed by atoms with Crippen LogP contribution in [-0.4, -0.2) is 23.0 Å². The summed E-state index contributed by atoms with van der Waals surface area (Å²) in [5.41, 5.74) is 3.24. The van der Waals surface area contributed by atoms with Crippen LogP contribution in [0.5, 0.6) is 0 Å². The fourth-order valence-corrected chi connectivity index (χ4v) is 4.52. The summed E-state index contributed by atoms with van der Waals surface area (Å²) in [4.78, 5) is 26.0. The van der Waals surface area contributed by atoms with Crippen molar-refractivity contribution in [1.29, 1.82) is 5.26 Å². The predicted molar refractivity (Wildman–Crippen MR) is 110 cm³/mol. The summed E-state index contributed by atoms with van der Waals surface area (Å²) in [5, 5.41) is 22.0.